The normalized spacial score (nSPS) is 17.1. The highest BCUT2D eigenvalue weighted by Crippen LogP contribution is 2.21. The number of unbranched alkanes of at least 4 members (excludes halogenated alkanes) is 1. The summed E-state index contributed by atoms with van der Waals surface area (Å²) in [6.45, 7) is 2.97. The van der Waals surface area contributed by atoms with Gasteiger partial charge in [-0.05, 0) is 37.6 Å². The summed E-state index contributed by atoms with van der Waals surface area (Å²) in [7, 11) is -3.14. The number of nitrogens with zero attached hydrogens (tertiary/aromatic N) is 2. The summed E-state index contributed by atoms with van der Waals surface area (Å²) in [6.07, 6.45) is 1.38. The molecule has 0 radical (unpaired) electrons. The molecule has 7 heteroatoms. The van der Waals surface area contributed by atoms with Crippen molar-refractivity contribution in [1.29, 1.82) is 0 Å². The van der Waals surface area contributed by atoms with Crippen LogP contribution >= 0.6 is 11.6 Å². The van der Waals surface area contributed by atoms with Crippen LogP contribution in [0.4, 0.5) is 5.69 Å². The van der Waals surface area contributed by atoms with E-state index in [-0.39, 0.29) is 5.75 Å². The van der Waals surface area contributed by atoms with E-state index >= 15 is 0 Å². The van der Waals surface area contributed by atoms with Crippen LogP contribution in [-0.4, -0.2) is 51.2 Å². The molecule has 118 valence electrons. The summed E-state index contributed by atoms with van der Waals surface area (Å²) >= 11 is 5.99. The van der Waals surface area contributed by atoms with Crippen LogP contribution in [0.1, 0.15) is 12.8 Å². The van der Waals surface area contributed by atoms with Crippen LogP contribution in [0.3, 0.4) is 0 Å². The summed E-state index contributed by atoms with van der Waals surface area (Å²) < 4.78 is 26.0. The molecular formula is C14H22ClN3O2S. The van der Waals surface area contributed by atoms with E-state index < -0.39 is 10.0 Å². The van der Waals surface area contributed by atoms with Gasteiger partial charge in [0, 0.05) is 36.9 Å². The smallest absolute Gasteiger partial charge is 0.214 e. The molecule has 2 rings (SSSR count). The third-order valence-electron chi connectivity index (χ3n) is 3.66. The average molecular weight is 332 g/mol. The lowest BCUT2D eigenvalue weighted by Gasteiger charge is -2.35. The number of piperazine rings is 1. The van der Waals surface area contributed by atoms with Crippen LogP contribution in [0.25, 0.3) is 0 Å². The van der Waals surface area contributed by atoms with Gasteiger partial charge in [0.2, 0.25) is 10.0 Å². The van der Waals surface area contributed by atoms with Gasteiger partial charge in [-0.3, -0.25) is 0 Å². The van der Waals surface area contributed by atoms with Crippen LogP contribution in [0.2, 0.25) is 5.02 Å². The lowest BCUT2D eigenvalue weighted by atomic mass is 10.2. The zero-order chi connectivity index (χ0) is 15.3. The first-order valence-electron chi connectivity index (χ1n) is 7.21. The topological polar surface area (TPSA) is 66.6 Å². The number of nitrogens with two attached hydrogens (primary N) is 1. The Balaban J connectivity index is 1.91. The van der Waals surface area contributed by atoms with Gasteiger partial charge in [-0.25, -0.2) is 8.42 Å². The number of rotatable bonds is 6. The largest absolute Gasteiger partial charge is 0.369 e. The highest BCUT2D eigenvalue weighted by atomic mass is 35.5. The van der Waals surface area contributed by atoms with E-state index in [1.54, 1.807) is 4.31 Å². The molecule has 0 saturated carbocycles. The Morgan fingerprint density at radius 3 is 2.48 bits per heavy atom. The molecule has 1 aliphatic rings. The predicted octanol–water partition coefficient (Wildman–Crippen LogP) is 1.53. The number of hydrogen-bond acceptors (Lipinski definition) is 4. The molecular weight excluding hydrogens is 310 g/mol. The second-order valence-corrected chi connectivity index (χ2v) is 7.70. The first kappa shape index (κ1) is 16.5. The van der Waals surface area contributed by atoms with Crippen LogP contribution in [-0.2, 0) is 10.0 Å². The summed E-state index contributed by atoms with van der Waals surface area (Å²) in [5.74, 6) is 0.196. The minimum Gasteiger partial charge on any atom is -0.369 e. The molecule has 1 aromatic rings. The summed E-state index contributed by atoms with van der Waals surface area (Å²) in [5, 5.41) is 0.698. The quantitative estimate of drug-likeness (QED) is 0.803. The van der Waals surface area contributed by atoms with Crippen molar-refractivity contribution < 1.29 is 8.42 Å². The van der Waals surface area contributed by atoms with E-state index in [4.69, 9.17) is 17.3 Å². The molecule has 0 aromatic heterocycles. The third-order valence-corrected chi connectivity index (χ3v) is 5.85. The van der Waals surface area contributed by atoms with Crippen LogP contribution in [0, 0.1) is 0 Å². The molecule has 1 aromatic carbocycles. The monoisotopic (exact) mass is 331 g/mol. The first-order chi connectivity index (χ1) is 10.0. The van der Waals surface area contributed by atoms with Gasteiger partial charge >= 0.3 is 0 Å². The van der Waals surface area contributed by atoms with E-state index in [1.807, 2.05) is 24.3 Å². The minimum atomic E-state index is -3.14. The Labute approximate surface area is 131 Å². The Morgan fingerprint density at radius 1 is 1.14 bits per heavy atom. The first-order valence-corrected chi connectivity index (χ1v) is 9.20. The van der Waals surface area contributed by atoms with Crippen LogP contribution < -0.4 is 10.6 Å². The number of halogens is 1. The Kier molecular flexibility index (Phi) is 5.87. The van der Waals surface area contributed by atoms with E-state index in [9.17, 15) is 8.42 Å². The van der Waals surface area contributed by atoms with Crippen LogP contribution in [0.15, 0.2) is 24.3 Å². The fourth-order valence-electron chi connectivity index (χ4n) is 2.46. The Bertz CT molecular complexity index is 557. The van der Waals surface area contributed by atoms with Gasteiger partial charge in [0.1, 0.15) is 0 Å². The molecule has 0 unspecified atom stereocenters. The standard InChI is InChI=1S/C14H22ClN3O2S/c15-13-4-3-5-14(12-13)17-7-9-18(10-8-17)21(19,20)11-2-1-6-16/h3-5,12H,1-2,6-11,16H2. The van der Waals surface area contributed by atoms with Gasteiger partial charge in [0.25, 0.3) is 0 Å². The molecule has 1 heterocycles. The van der Waals surface area contributed by atoms with E-state index in [0.717, 1.165) is 12.1 Å². The van der Waals surface area contributed by atoms with Crippen molar-refractivity contribution in [2.45, 2.75) is 12.8 Å². The van der Waals surface area contributed by atoms with Crippen molar-refractivity contribution in [2.24, 2.45) is 5.73 Å². The lowest BCUT2D eigenvalue weighted by molar-refractivity contribution is 0.384. The van der Waals surface area contributed by atoms with Gasteiger partial charge in [-0.2, -0.15) is 4.31 Å². The molecule has 5 nitrogen and oxygen atoms in total. The van der Waals surface area contributed by atoms with Crippen molar-refractivity contribution in [1.82, 2.24) is 4.31 Å². The van der Waals surface area contributed by atoms with Crippen molar-refractivity contribution in [3.05, 3.63) is 29.3 Å². The number of benzene rings is 1. The van der Waals surface area contributed by atoms with E-state index in [2.05, 4.69) is 4.90 Å². The molecule has 1 aliphatic heterocycles. The molecule has 21 heavy (non-hydrogen) atoms. The maximum Gasteiger partial charge on any atom is 0.214 e. The number of sulfonamides is 1. The molecule has 0 atom stereocenters. The number of hydrogen-bond donors (Lipinski definition) is 1. The Morgan fingerprint density at radius 2 is 1.86 bits per heavy atom. The fraction of sp³-hybridized carbons (Fsp3) is 0.571. The predicted molar refractivity (Wildman–Crippen MR) is 87.3 cm³/mol. The molecule has 0 spiro atoms. The van der Waals surface area contributed by atoms with Crippen molar-refractivity contribution in [3.8, 4) is 0 Å². The zero-order valence-corrected chi connectivity index (χ0v) is 13.6. The lowest BCUT2D eigenvalue weighted by Crippen LogP contribution is -2.49. The Hall–Kier alpha value is -0.820. The second kappa shape index (κ2) is 7.45. The maximum absolute atomic E-state index is 12.2. The highest BCUT2D eigenvalue weighted by Gasteiger charge is 2.26. The molecule has 2 N–H and O–H groups in total. The van der Waals surface area contributed by atoms with Gasteiger partial charge in [-0.15, -0.1) is 0 Å². The van der Waals surface area contributed by atoms with Crippen molar-refractivity contribution in [2.75, 3.05) is 43.4 Å². The summed E-state index contributed by atoms with van der Waals surface area (Å²) in [5.41, 5.74) is 6.45. The summed E-state index contributed by atoms with van der Waals surface area (Å²) in [6, 6.07) is 7.65. The minimum absolute atomic E-state index is 0.196. The van der Waals surface area contributed by atoms with Gasteiger partial charge < -0.3 is 10.6 Å². The third kappa shape index (κ3) is 4.57. The zero-order valence-electron chi connectivity index (χ0n) is 12.0. The molecule has 0 bridgehead atoms. The molecule has 1 saturated heterocycles. The SMILES string of the molecule is NCCCCS(=O)(=O)N1CCN(c2cccc(Cl)c2)CC1. The molecule has 0 aliphatic carbocycles. The molecule has 0 amide bonds. The van der Waals surface area contributed by atoms with Gasteiger partial charge in [-0.1, -0.05) is 17.7 Å². The van der Waals surface area contributed by atoms with Gasteiger partial charge in [0.15, 0.2) is 0 Å². The van der Waals surface area contributed by atoms with E-state index in [1.165, 1.54) is 0 Å². The summed E-state index contributed by atoms with van der Waals surface area (Å²) in [4.78, 5) is 2.16. The van der Waals surface area contributed by atoms with Crippen molar-refractivity contribution >= 4 is 27.3 Å². The average Bonchev–Trinajstić information content (AvgIpc) is 2.47. The maximum atomic E-state index is 12.2. The van der Waals surface area contributed by atoms with Gasteiger partial charge in [0.05, 0.1) is 5.75 Å². The van der Waals surface area contributed by atoms with Crippen molar-refractivity contribution in [3.63, 3.8) is 0 Å². The second-order valence-electron chi connectivity index (χ2n) is 5.18. The molecule has 1 fully saturated rings. The highest BCUT2D eigenvalue weighted by molar-refractivity contribution is 7.89. The number of anilines is 1. The van der Waals surface area contributed by atoms with E-state index in [0.29, 0.717) is 44.2 Å². The fourth-order valence-corrected chi connectivity index (χ4v) is 4.19. The van der Waals surface area contributed by atoms with Crippen LogP contribution in [0.5, 0.6) is 0 Å².